The van der Waals surface area contributed by atoms with Gasteiger partial charge in [0.2, 0.25) is 10.0 Å². The molecule has 3 aromatic rings. The molecule has 0 aliphatic carbocycles. The minimum absolute atomic E-state index is 0.123. The largest absolute Gasteiger partial charge is 0.416 e. The zero-order chi connectivity index (χ0) is 21.4. The van der Waals surface area contributed by atoms with E-state index in [1.807, 2.05) is 30.3 Å². The number of pyridine rings is 1. The van der Waals surface area contributed by atoms with E-state index in [9.17, 15) is 21.6 Å². The first-order chi connectivity index (χ1) is 14.2. The van der Waals surface area contributed by atoms with Crippen LogP contribution in [0.3, 0.4) is 0 Å². The van der Waals surface area contributed by atoms with Crippen molar-refractivity contribution < 1.29 is 21.6 Å². The fourth-order valence-electron chi connectivity index (χ4n) is 3.63. The van der Waals surface area contributed by atoms with Crippen molar-refractivity contribution in [1.82, 2.24) is 14.2 Å². The van der Waals surface area contributed by atoms with Crippen LogP contribution in [-0.2, 0) is 22.7 Å². The number of sulfonamides is 1. The third kappa shape index (κ3) is 4.19. The second-order valence-electron chi connectivity index (χ2n) is 7.19. The van der Waals surface area contributed by atoms with Crippen molar-refractivity contribution in [3.8, 4) is 0 Å². The molecule has 0 N–H and O–H groups in total. The first-order valence-electron chi connectivity index (χ1n) is 9.47. The predicted octanol–water partition coefficient (Wildman–Crippen LogP) is 3.76. The summed E-state index contributed by atoms with van der Waals surface area (Å²) < 4.78 is 65.1. The number of rotatable bonds is 4. The number of piperazine rings is 1. The smallest absolute Gasteiger partial charge is 0.296 e. The van der Waals surface area contributed by atoms with E-state index in [-0.39, 0.29) is 18.0 Å². The van der Waals surface area contributed by atoms with E-state index in [2.05, 4.69) is 9.88 Å². The van der Waals surface area contributed by atoms with Gasteiger partial charge < -0.3 is 0 Å². The molecular formula is C21H20F3N3O2S. The second-order valence-corrected chi connectivity index (χ2v) is 9.13. The standard InChI is InChI=1S/C21H20F3N3O2S/c22-21(23,24)18-6-8-19(9-7-18)30(28,29)27-13-11-26(12-14-27)15-17-4-1-3-16-5-2-10-25-20(16)17/h1-10H,11-15H2. The van der Waals surface area contributed by atoms with Crippen molar-refractivity contribution in [2.75, 3.05) is 26.2 Å². The normalized spacial score (nSPS) is 16.8. The second kappa shape index (κ2) is 7.98. The molecule has 0 atom stereocenters. The number of para-hydroxylation sites is 1. The number of alkyl halides is 3. The van der Waals surface area contributed by atoms with Gasteiger partial charge in [-0.15, -0.1) is 0 Å². The highest BCUT2D eigenvalue weighted by molar-refractivity contribution is 7.89. The van der Waals surface area contributed by atoms with E-state index in [0.29, 0.717) is 19.6 Å². The van der Waals surface area contributed by atoms with Crippen molar-refractivity contribution in [2.24, 2.45) is 0 Å². The third-order valence-electron chi connectivity index (χ3n) is 5.26. The van der Waals surface area contributed by atoms with Gasteiger partial charge in [-0.1, -0.05) is 24.3 Å². The minimum atomic E-state index is -4.50. The van der Waals surface area contributed by atoms with Crippen LogP contribution in [0, 0.1) is 0 Å². The van der Waals surface area contributed by atoms with Gasteiger partial charge in [-0.2, -0.15) is 17.5 Å². The highest BCUT2D eigenvalue weighted by Gasteiger charge is 2.32. The molecule has 4 rings (SSSR count). The number of hydrogen-bond donors (Lipinski definition) is 0. The Labute approximate surface area is 172 Å². The lowest BCUT2D eigenvalue weighted by atomic mass is 10.1. The maximum atomic E-state index is 12.8. The van der Waals surface area contributed by atoms with Crippen molar-refractivity contribution in [3.05, 3.63) is 71.9 Å². The number of hydrogen-bond acceptors (Lipinski definition) is 4. The molecule has 2 heterocycles. The monoisotopic (exact) mass is 435 g/mol. The minimum Gasteiger partial charge on any atom is -0.296 e. The maximum Gasteiger partial charge on any atom is 0.416 e. The molecule has 1 saturated heterocycles. The zero-order valence-electron chi connectivity index (χ0n) is 16.0. The molecule has 0 unspecified atom stereocenters. The number of nitrogens with zero attached hydrogens (tertiary/aromatic N) is 3. The van der Waals surface area contributed by atoms with E-state index in [0.717, 1.165) is 40.7 Å². The van der Waals surface area contributed by atoms with Gasteiger partial charge in [-0.05, 0) is 35.9 Å². The van der Waals surface area contributed by atoms with Gasteiger partial charge in [0.15, 0.2) is 0 Å². The lowest BCUT2D eigenvalue weighted by Gasteiger charge is -2.34. The Balaban J connectivity index is 1.43. The van der Waals surface area contributed by atoms with Crippen LogP contribution in [-0.4, -0.2) is 48.8 Å². The van der Waals surface area contributed by atoms with E-state index < -0.39 is 21.8 Å². The van der Waals surface area contributed by atoms with E-state index in [4.69, 9.17) is 0 Å². The summed E-state index contributed by atoms with van der Waals surface area (Å²) in [5.41, 5.74) is 1.14. The molecule has 2 aromatic carbocycles. The van der Waals surface area contributed by atoms with Gasteiger partial charge in [0.1, 0.15) is 0 Å². The van der Waals surface area contributed by atoms with E-state index >= 15 is 0 Å². The Morgan fingerprint density at radius 3 is 2.23 bits per heavy atom. The summed E-state index contributed by atoms with van der Waals surface area (Å²) in [5, 5.41) is 1.05. The lowest BCUT2D eigenvalue weighted by molar-refractivity contribution is -0.137. The van der Waals surface area contributed by atoms with Crippen LogP contribution in [0.25, 0.3) is 10.9 Å². The summed E-state index contributed by atoms with van der Waals surface area (Å²) in [6.07, 6.45) is -2.75. The number of fused-ring (bicyclic) bond motifs is 1. The fourth-order valence-corrected chi connectivity index (χ4v) is 5.05. The summed E-state index contributed by atoms with van der Waals surface area (Å²) in [6, 6.07) is 13.5. The predicted molar refractivity (Wildman–Crippen MR) is 107 cm³/mol. The molecular weight excluding hydrogens is 415 g/mol. The maximum absolute atomic E-state index is 12.8. The summed E-state index contributed by atoms with van der Waals surface area (Å²) in [4.78, 5) is 6.48. The van der Waals surface area contributed by atoms with Crippen LogP contribution in [0.1, 0.15) is 11.1 Å². The Kier molecular flexibility index (Phi) is 5.52. The molecule has 0 bridgehead atoms. The molecule has 30 heavy (non-hydrogen) atoms. The average Bonchev–Trinajstić information content (AvgIpc) is 2.74. The molecule has 1 aliphatic heterocycles. The topological polar surface area (TPSA) is 53.5 Å². The molecule has 1 aromatic heterocycles. The Bertz CT molecular complexity index is 1130. The highest BCUT2D eigenvalue weighted by atomic mass is 32.2. The molecule has 1 aliphatic rings. The van der Waals surface area contributed by atoms with Crippen LogP contribution in [0.4, 0.5) is 13.2 Å². The summed E-state index contributed by atoms with van der Waals surface area (Å²) in [6.45, 7) is 2.28. The first-order valence-corrected chi connectivity index (χ1v) is 10.9. The van der Waals surface area contributed by atoms with Crippen molar-refractivity contribution in [1.29, 1.82) is 0 Å². The Morgan fingerprint density at radius 2 is 1.57 bits per heavy atom. The summed E-state index contributed by atoms with van der Waals surface area (Å²) in [7, 11) is -3.83. The molecule has 5 nitrogen and oxygen atoms in total. The summed E-state index contributed by atoms with van der Waals surface area (Å²) in [5.74, 6) is 0. The van der Waals surface area contributed by atoms with Crippen molar-refractivity contribution >= 4 is 20.9 Å². The number of aromatic nitrogens is 1. The van der Waals surface area contributed by atoms with Gasteiger partial charge in [0, 0.05) is 44.3 Å². The lowest BCUT2D eigenvalue weighted by Crippen LogP contribution is -2.48. The quantitative estimate of drug-likeness (QED) is 0.626. The van der Waals surface area contributed by atoms with Crippen molar-refractivity contribution in [2.45, 2.75) is 17.6 Å². The van der Waals surface area contributed by atoms with Gasteiger partial charge in [-0.3, -0.25) is 9.88 Å². The van der Waals surface area contributed by atoms with Gasteiger partial charge in [0.25, 0.3) is 0 Å². The summed E-state index contributed by atoms with van der Waals surface area (Å²) >= 11 is 0. The first kappa shape index (κ1) is 20.8. The van der Waals surface area contributed by atoms with Crippen LogP contribution in [0.2, 0.25) is 0 Å². The van der Waals surface area contributed by atoms with Gasteiger partial charge >= 0.3 is 6.18 Å². The Hall–Kier alpha value is -2.49. The van der Waals surface area contributed by atoms with Crippen LogP contribution < -0.4 is 0 Å². The average molecular weight is 435 g/mol. The van der Waals surface area contributed by atoms with Crippen molar-refractivity contribution in [3.63, 3.8) is 0 Å². The Morgan fingerprint density at radius 1 is 0.900 bits per heavy atom. The molecule has 0 spiro atoms. The number of benzene rings is 2. The molecule has 158 valence electrons. The van der Waals surface area contributed by atoms with E-state index in [1.54, 1.807) is 6.20 Å². The molecule has 1 fully saturated rings. The van der Waals surface area contributed by atoms with Gasteiger partial charge in [0.05, 0.1) is 16.0 Å². The number of halogens is 3. The van der Waals surface area contributed by atoms with Crippen LogP contribution in [0.5, 0.6) is 0 Å². The molecule has 0 saturated carbocycles. The zero-order valence-corrected chi connectivity index (χ0v) is 16.8. The van der Waals surface area contributed by atoms with E-state index in [1.165, 1.54) is 4.31 Å². The van der Waals surface area contributed by atoms with Crippen LogP contribution in [0.15, 0.2) is 65.7 Å². The van der Waals surface area contributed by atoms with Gasteiger partial charge in [-0.25, -0.2) is 8.42 Å². The molecule has 9 heteroatoms. The SMILES string of the molecule is O=S(=O)(c1ccc(C(F)(F)F)cc1)N1CCN(Cc2cccc3cccnc23)CC1. The van der Waals surface area contributed by atoms with Crippen LogP contribution >= 0.6 is 0 Å². The highest BCUT2D eigenvalue weighted by Crippen LogP contribution is 2.30. The molecule has 0 radical (unpaired) electrons. The third-order valence-corrected chi connectivity index (χ3v) is 7.17. The fraction of sp³-hybridized carbons (Fsp3) is 0.286. The molecule has 0 amide bonds.